The molecule has 1 saturated heterocycles. The van der Waals surface area contributed by atoms with E-state index in [1.54, 1.807) is 24.1 Å². The summed E-state index contributed by atoms with van der Waals surface area (Å²) in [6.45, 7) is 2.32. The Morgan fingerprint density at radius 1 is 1.06 bits per heavy atom. The van der Waals surface area contributed by atoms with Gasteiger partial charge >= 0.3 is 0 Å². The minimum atomic E-state index is -0.614. The molecule has 0 spiro atoms. The number of nitrogens with one attached hydrogen (secondary N) is 1. The molecule has 9 heteroatoms. The van der Waals surface area contributed by atoms with Crippen LogP contribution in [0.15, 0.2) is 36.4 Å². The molecule has 164 valence electrons. The number of rotatable bonds is 4. The zero-order chi connectivity index (χ0) is 22.1. The normalized spacial score (nSPS) is 18.2. The largest absolute Gasteiger partial charge is 0.366 e. The van der Waals surface area contributed by atoms with Gasteiger partial charge in [-0.2, -0.15) is 0 Å². The fourth-order valence-electron chi connectivity index (χ4n) is 4.24. The number of halogens is 3. The Morgan fingerprint density at radius 2 is 1.81 bits per heavy atom. The molecule has 2 aliphatic rings. The number of piperazine rings is 1. The standard InChI is InChI=1S/C22H23ClF2N4O2/c1-26-21(30)13-29-12-17(16-4-2-14(23)10-20(16)29)22(31)28-8-6-27(7-9-28)19-5-3-15(24)11-18(19)25/h2-5,10-11,17H,6-9,12-13H2,1H3,(H,26,30). The van der Waals surface area contributed by atoms with Crippen LogP contribution >= 0.6 is 11.6 Å². The van der Waals surface area contributed by atoms with Crippen LogP contribution in [-0.4, -0.2) is 63.0 Å². The first-order chi connectivity index (χ1) is 14.9. The number of fused-ring (bicyclic) bond motifs is 1. The monoisotopic (exact) mass is 448 g/mol. The smallest absolute Gasteiger partial charge is 0.239 e. The van der Waals surface area contributed by atoms with Crippen molar-refractivity contribution in [1.82, 2.24) is 10.2 Å². The van der Waals surface area contributed by atoms with Gasteiger partial charge in [0.25, 0.3) is 0 Å². The van der Waals surface area contributed by atoms with Gasteiger partial charge in [-0.15, -0.1) is 0 Å². The second kappa shape index (κ2) is 8.70. The summed E-state index contributed by atoms with van der Waals surface area (Å²) in [5, 5.41) is 3.15. The molecule has 1 atom stereocenters. The number of nitrogens with zero attached hydrogens (tertiary/aromatic N) is 3. The number of hydrogen-bond acceptors (Lipinski definition) is 4. The average molecular weight is 449 g/mol. The number of likely N-dealkylation sites (N-methyl/N-ethyl adjacent to an activating group) is 1. The van der Waals surface area contributed by atoms with E-state index in [4.69, 9.17) is 11.6 Å². The van der Waals surface area contributed by atoms with E-state index in [2.05, 4.69) is 5.32 Å². The lowest BCUT2D eigenvalue weighted by Crippen LogP contribution is -2.50. The third-order valence-electron chi connectivity index (χ3n) is 5.86. The quantitative estimate of drug-likeness (QED) is 0.781. The van der Waals surface area contributed by atoms with E-state index in [0.717, 1.165) is 17.3 Å². The van der Waals surface area contributed by atoms with Crippen molar-refractivity contribution in [2.24, 2.45) is 0 Å². The van der Waals surface area contributed by atoms with Crippen molar-refractivity contribution in [3.63, 3.8) is 0 Å². The highest BCUT2D eigenvalue weighted by molar-refractivity contribution is 6.31. The zero-order valence-electron chi connectivity index (χ0n) is 17.1. The molecule has 0 saturated carbocycles. The summed E-state index contributed by atoms with van der Waals surface area (Å²) in [4.78, 5) is 30.7. The van der Waals surface area contributed by atoms with Crippen molar-refractivity contribution in [2.75, 3.05) is 56.1 Å². The number of anilines is 2. The summed E-state index contributed by atoms with van der Waals surface area (Å²) >= 11 is 6.15. The summed E-state index contributed by atoms with van der Waals surface area (Å²) < 4.78 is 27.3. The highest BCUT2D eigenvalue weighted by Crippen LogP contribution is 2.39. The third kappa shape index (κ3) is 4.30. The van der Waals surface area contributed by atoms with Crippen LogP contribution in [0.1, 0.15) is 11.5 Å². The zero-order valence-corrected chi connectivity index (χ0v) is 17.8. The molecule has 2 aliphatic heterocycles. The fraction of sp³-hybridized carbons (Fsp3) is 0.364. The summed E-state index contributed by atoms with van der Waals surface area (Å²) in [7, 11) is 1.57. The molecule has 1 unspecified atom stereocenters. The van der Waals surface area contributed by atoms with E-state index in [1.165, 1.54) is 12.1 Å². The van der Waals surface area contributed by atoms with Crippen LogP contribution in [0, 0.1) is 11.6 Å². The maximum absolute atomic E-state index is 14.1. The minimum absolute atomic E-state index is 0.0257. The highest BCUT2D eigenvalue weighted by atomic mass is 35.5. The van der Waals surface area contributed by atoms with Crippen molar-refractivity contribution in [1.29, 1.82) is 0 Å². The molecule has 31 heavy (non-hydrogen) atoms. The second-order valence-corrected chi connectivity index (χ2v) is 8.15. The van der Waals surface area contributed by atoms with E-state index in [9.17, 15) is 18.4 Å². The lowest BCUT2D eigenvalue weighted by atomic mass is 9.99. The van der Waals surface area contributed by atoms with Crippen molar-refractivity contribution in [3.05, 3.63) is 58.6 Å². The van der Waals surface area contributed by atoms with Crippen LogP contribution in [0.2, 0.25) is 5.02 Å². The highest BCUT2D eigenvalue weighted by Gasteiger charge is 2.37. The van der Waals surface area contributed by atoms with Crippen LogP contribution in [0.25, 0.3) is 0 Å². The third-order valence-corrected chi connectivity index (χ3v) is 6.10. The van der Waals surface area contributed by atoms with Gasteiger partial charge in [-0.25, -0.2) is 8.78 Å². The molecular formula is C22H23ClF2N4O2. The molecule has 6 nitrogen and oxygen atoms in total. The predicted molar refractivity (Wildman–Crippen MR) is 116 cm³/mol. The predicted octanol–water partition coefficient (Wildman–Crippen LogP) is 2.62. The Hall–Kier alpha value is -2.87. The second-order valence-electron chi connectivity index (χ2n) is 7.72. The lowest BCUT2D eigenvalue weighted by molar-refractivity contribution is -0.132. The lowest BCUT2D eigenvalue weighted by Gasteiger charge is -2.37. The molecule has 2 amide bonds. The first-order valence-electron chi connectivity index (χ1n) is 10.1. The topological polar surface area (TPSA) is 55.9 Å². The molecule has 1 N–H and O–H groups in total. The number of carbonyl (C=O) groups is 2. The molecule has 2 aromatic rings. The number of benzene rings is 2. The van der Waals surface area contributed by atoms with E-state index >= 15 is 0 Å². The Morgan fingerprint density at radius 3 is 2.48 bits per heavy atom. The van der Waals surface area contributed by atoms with Gasteiger partial charge in [0, 0.05) is 56.5 Å². The van der Waals surface area contributed by atoms with Gasteiger partial charge in [-0.05, 0) is 29.8 Å². The number of amides is 2. The van der Waals surface area contributed by atoms with Crippen LogP contribution in [-0.2, 0) is 9.59 Å². The summed E-state index contributed by atoms with van der Waals surface area (Å²) in [6, 6.07) is 8.90. The Balaban J connectivity index is 1.47. The van der Waals surface area contributed by atoms with E-state index in [0.29, 0.717) is 43.4 Å². The summed E-state index contributed by atoms with van der Waals surface area (Å²) in [6.07, 6.45) is 0. The Bertz CT molecular complexity index is 1010. The number of carbonyl (C=O) groups excluding carboxylic acids is 2. The van der Waals surface area contributed by atoms with Gasteiger partial charge in [0.1, 0.15) is 11.6 Å². The van der Waals surface area contributed by atoms with Crippen LogP contribution in [0.5, 0.6) is 0 Å². The molecule has 0 radical (unpaired) electrons. The minimum Gasteiger partial charge on any atom is -0.366 e. The van der Waals surface area contributed by atoms with Crippen molar-refractivity contribution < 1.29 is 18.4 Å². The van der Waals surface area contributed by atoms with Crippen LogP contribution < -0.4 is 15.1 Å². The van der Waals surface area contributed by atoms with Crippen molar-refractivity contribution in [3.8, 4) is 0 Å². The molecule has 4 rings (SSSR count). The fourth-order valence-corrected chi connectivity index (χ4v) is 4.41. The number of hydrogen-bond donors (Lipinski definition) is 1. The summed E-state index contributed by atoms with van der Waals surface area (Å²) in [5.74, 6) is -1.79. The molecule has 2 aromatic carbocycles. The Labute approximate surface area is 184 Å². The van der Waals surface area contributed by atoms with Gasteiger partial charge in [-0.3, -0.25) is 9.59 Å². The molecule has 1 fully saturated rings. The van der Waals surface area contributed by atoms with Gasteiger partial charge in [0.05, 0.1) is 18.2 Å². The van der Waals surface area contributed by atoms with Crippen molar-refractivity contribution >= 4 is 34.8 Å². The SMILES string of the molecule is CNC(=O)CN1CC(C(=O)N2CCN(c3ccc(F)cc3F)CC2)c2ccc(Cl)cc21. The first kappa shape index (κ1) is 21.4. The van der Waals surface area contributed by atoms with E-state index in [1.807, 2.05) is 15.9 Å². The van der Waals surface area contributed by atoms with Crippen LogP contribution in [0.3, 0.4) is 0 Å². The Kier molecular flexibility index (Phi) is 6.00. The molecule has 2 heterocycles. The van der Waals surface area contributed by atoms with E-state index < -0.39 is 17.6 Å². The molecule has 0 bridgehead atoms. The van der Waals surface area contributed by atoms with Gasteiger partial charge in [-0.1, -0.05) is 17.7 Å². The van der Waals surface area contributed by atoms with Crippen LogP contribution in [0.4, 0.5) is 20.2 Å². The van der Waals surface area contributed by atoms with Gasteiger partial charge in [0.2, 0.25) is 11.8 Å². The molecule has 0 aliphatic carbocycles. The molecular weight excluding hydrogens is 426 g/mol. The maximum atomic E-state index is 14.1. The maximum Gasteiger partial charge on any atom is 0.239 e. The van der Waals surface area contributed by atoms with E-state index in [-0.39, 0.29) is 18.4 Å². The van der Waals surface area contributed by atoms with Gasteiger partial charge in [0.15, 0.2) is 0 Å². The summed E-state index contributed by atoms with van der Waals surface area (Å²) in [5.41, 5.74) is 1.98. The molecule has 0 aromatic heterocycles. The van der Waals surface area contributed by atoms with Gasteiger partial charge < -0.3 is 20.0 Å². The first-order valence-corrected chi connectivity index (χ1v) is 10.5. The van der Waals surface area contributed by atoms with Crippen molar-refractivity contribution in [2.45, 2.75) is 5.92 Å². The average Bonchev–Trinajstić information content (AvgIpc) is 3.10.